The van der Waals surface area contributed by atoms with E-state index in [-0.39, 0.29) is 0 Å². The van der Waals surface area contributed by atoms with E-state index in [0.29, 0.717) is 0 Å². The molecule has 0 aromatic carbocycles. The Balaban J connectivity index is 3.20. The van der Waals surface area contributed by atoms with E-state index >= 15 is 0 Å². The fraction of sp³-hybridized carbons (Fsp3) is 0.500. The Bertz CT molecular complexity index is 129. The van der Waals surface area contributed by atoms with E-state index < -0.39 is 0 Å². The van der Waals surface area contributed by atoms with Crippen LogP contribution in [-0.2, 0) is 4.74 Å². The second-order valence-corrected chi connectivity index (χ2v) is 2.25. The summed E-state index contributed by atoms with van der Waals surface area (Å²) in [6.07, 6.45) is 2.69. The van der Waals surface area contributed by atoms with Crippen LogP contribution in [0.25, 0.3) is 0 Å². The monoisotopic (exact) mass is 141 g/mol. The van der Waals surface area contributed by atoms with Crippen LogP contribution in [0.2, 0.25) is 0 Å². The first kappa shape index (κ1) is 9.08. The molecule has 0 saturated heterocycles. The highest BCUT2D eigenvalue weighted by Gasteiger charge is 1.92. The Morgan fingerprint density at radius 2 is 2.00 bits per heavy atom. The Morgan fingerprint density at radius 3 is 2.40 bits per heavy atom. The Morgan fingerprint density at radius 1 is 1.40 bits per heavy atom. The predicted octanol–water partition coefficient (Wildman–Crippen LogP) is 1.79. The Hall–Kier alpha value is -0.920. The van der Waals surface area contributed by atoms with Crippen molar-refractivity contribution in [3.05, 3.63) is 24.6 Å². The maximum absolute atomic E-state index is 5.36. The highest BCUT2D eigenvalue weighted by Crippen LogP contribution is 2.06. The number of hydrogen-bond acceptors (Lipinski definition) is 2. The van der Waals surface area contributed by atoms with Crippen molar-refractivity contribution in [1.82, 2.24) is 0 Å². The molecule has 0 radical (unpaired) electrons. The van der Waals surface area contributed by atoms with Crippen LogP contribution in [0.3, 0.4) is 0 Å². The van der Waals surface area contributed by atoms with Crippen LogP contribution in [0.5, 0.6) is 0 Å². The summed E-state index contributed by atoms with van der Waals surface area (Å²) in [5, 5.41) is 0. The molecule has 0 atom stereocenters. The lowest BCUT2D eigenvalue weighted by molar-refractivity contribution is 0.277. The van der Waals surface area contributed by atoms with E-state index in [2.05, 4.69) is 13.2 Å². The summed E-state index contributed by atoms with van der Waals surface area (Å²) in [4.78, 5) is 0. The van der Waals surface area contributed by atoms with Crippen LogP contribution in [-0.4, -0.2) is 7.11 Å². The fourth-order valence-corrected chi connectivity index (χ4v) is 0.615. The Kier molecular flexibility index (Phi) is 4.46. The summed E-state index contributed by atoms with van der Waals surface area (Å²) in [5.74, 6) is 0.807. The minimum absolute atomic E-state index is 0.726. The maximum atomic E-state index is 5.36. The lowest BCUT2D eigenvalue weighted by Gasteiger charge is -2.02. The molecule has 0 aliphatic carbocycles. The van der Waals surface area contributed by atoms with Crippen molar-refractivity contribution < 1.29 is 4.74 Å². The molecule has 0 aromatic heterocycles. The van der Waals surface area contributed by atoms with Crippen LogP contribution >= 0.6 is 0 Å². The van der Waals surface area contributed by atoms with Gasteiger partial charge in [0.2, 0.25) is 0 Å². The van der Waals surface area contributed by atoms with Gasteiger partial charge in [0.25, 0.3) is 0 Å². The van der Waals surface area contributed by atoms with E-state index in [1.807, 2.05) is 0 Å². The Labute approximate surface area is 62.4 Å². The third kappa shape index (κ3) is 5.22. The van der Waals surface area contributed by atoms with Gasteiger partial charge in [-0.3, -0.25) is 0 Å². The molecule has 2 nitrogen and oxygen atoms in total. The topological polar surface area (TPSA) is 35.2 Å². The largest absolute Gasteiger partial charge is 0.502 e. The number of ether oxygens (including phenoxy) is 1. The average Bonchev–Trinajstić information content (AvgIpc) is 1.87. The van der Waals surface area contributed by atoms with Crippen molar-refractivity contribution >= 4 is 0 Å². The molecule has 2 N–H and O–H groups in total. The molecule has 0 amide bonds. The summed E-state index contributed by atoms with van der Waals surface area (Å²) in [6.45, 7) is 7.26. The van der Waals surface area contributed by atoms with Gasteiger partial charge >= 0.3 is 0 Å². The number of nitrogens with two attached hydrogens (primary N) is 1. The van der Waals surface area contributed by atoms with Gasteiger partial charge in [-0.15, -0.1) is 0 Å². The third-order valence-electron chi connectivity index (χ3n) is 1.24. The van der Waals surface area contributed by atoms with Crippen LogP contribution in [0, 0.1) is 0 Å². The van der Waals surface area contributed by atoms with E-state index in [0.717, 1.165) is 30.7 Å². The molecule has 58 valence electrons. The molecule has 0 heterocycles. The van der Waals surface area contributed by atoms with Gasteiger partial charge in [0.05, 0.1) is 12.9 Å². The third-order valence-corrected chi connectivity index (χ3v) is 1.24. The summed E-state index contributed by atoms with van der Waals surface area (Å²) in [7, 11) is 1.62. The van der Waals surface area contributed by atoms with Crippen molar-refractivity contribution in [3.63, 3.8) is 0 Å². The molecule has 0 saturated carbocycles. The first-order valence-electron chi connectivity index (χ1n) is 3.32. The van der Waals surface area contributed by atoms with Crippen molar-refractivity contribution in [2.75, 3.05) is 7.11 Å². The second-order valence-electron chi connectivity index (χ2n) is 2.25. The molecule has 0 aromatic rings. The maximum Gasteiger partial charge on any atom is 0.0884 e. The minimum atomic E-state index is 0.726. The summed E-state index contributed by atoms with van der Waals surface area (Å²) >= 11 is 0. The van der Waals surface area contributed by atoms with Gasteiger partial charge in [0.1, 0.15) is 0 Å². The molecule has 0 bridgehead atoms. The predicted molar refractivity (Wildman–Crippen MR) is 43.3 cm³/mol. The van der Waals surface area contributed by atoms with E-state index in [4.69, 9.17) is 10.5 Å². The number of rotatable bonds is 5. The zero-order valence-electron chi connectivity index (χ0n) is 6.52. The van der Waals surface area contributed by atoms with Crippen molar-refractivity contribution in [3.8, 4) is 0 Å². The number of methoxy groups -OCH3 is 1. The molecule has 0 aliphatic heterocycles. The van der Waals surface area contributed by atoms with Gasteiger partial charge in [-0.2, -0.15) is 0 Å². The molecular formula is C8H15NO. The van der Waals surface area contributed by atoms with Crippen LogP contribution in [0.1, 0.15) is 19.3 Å². The molecule has 0 aliphatic rings. The SMILES string of the molecule is C=C(N)CCCC(=C)OC. The smallest absolute Gasteiger partial charge is 0.0884 e. The molecule has 10 heavy (non-hydrogen) atoms. The molecule has 0 rings (SSSR count). The van der Waals surface area contributed by atoms with Gasteiger partial charge in [-0.05, 0) is 12.8 Å². The standard InChI is InChI=1S/C8H15NO/c1-7(9)5-4-6-8(2)10-3/h1-2,4-6,9H2,3H3. The minimum Gasteiger partial charge on any atom is -0.502 e. The first-order chi connectivity index (χ1) is 4.66. The second kappa shape index (κ2) is 4.91. The molecule has 0 unspecified atom stereocenters. The van der Waals surface area contributed by atoms with Gasteiger partial charge < -0.3 is 10.5 Å². The van der Waals surface area contributed by atoms with E-state index in [9.17, 15) is 0 Å². The average molecular weight is 141 g/mol. The number of allylic oxidation sites excluding steroid dienone is 2. The van der Waals surface area contributed by atoms with Crippen LogP contribution in [0.4, 0.5) is 0 Å². The summed E-state index contributed by atoms with van der Waals surface area (Å²) in [5.41, 5.74) is 6.08. The lowest BCUT2D eigenvalue weighted by atomic mass is 10.2. The summed E-state index contributed by atoms with van der Waals surface area (Å²) < 4.78 is 4.87. The van der Waals surface area contributed by atoms with Crippen LogP contribution in [0.15, 0.2) is 24.6 Å². The van der Waals surface area contributed by atoms with Crippen molar-refractivity contribution in [1.29, 1.82) is 0 Å². The van der Waals surface area contributed by atoms with Gasteiger partial charge in [0.15, 0.2) is 0 Å². The van der Waals surface area contributed by atoms with Crippen LogP contribution < -0.4 is 5.73 Å². The highest BCUT2D eigenvalue weighted by molar-refractivity contribution is 4.88. The fourth-order valence-electron chi connectivity index (χ4n) is 0.615. The van der Waals surface area contributed by atoms with E-state index in [1.54, 1.807) is 7.11 Å². The zero-order valence-corrected chi connectivity index (χ0v) is 6.52. The molecule has 0 fully saturated rings. The molecule has 0 spiro atoms. The van der Waals surface area contributed by atoms with Crippen molar-refractivity contribution in [2.45, 2.75) is 19.3 Å². The normalized spacial score (nSPS) is 8.90. The van der Waals surface area contributed by atoms with Gasteiger partial charge in [0, 0.05) is 12.1 Å². The lowest BCUT2D eigenvalue weighted by Crippen LogP contribution is -1.94. The molecular weight excluding hydrogens is 126 g/mol. The summed E-state index contributed by atoms with van der Waals surface area (Å²) in [6, 6.07) is 0. The van der Waals surface area contributed by atoms with Crippen molar-refractivity contribution in [2.24, 2.45) is 5.73 Å². The highest BCUT2D eigenvalue weighted by atomic mass is 16.5. The quantitative estimate of drug-likeness (QED) is 0.592. The van der Waals surface area contributed by atoms with E-state index in [1.165, 1.54) is 0 Å². The molecule has 2 heteroatoms. The van der Waals surface area contributed by atoms with Gasteiger partial charge in [-0.25, -0.2) is 0 Å². The zero-order chi connectivity index (χ0) is 7.98. The van der Waals surface area contributed by atoms with Gasteiger partial charge in [-0.1, -0.05) is 13.2 Å². The first-order valence-corrected chi connectivity index (χ1v) is 3.32. The number of hydrogen-bond donors (Lipinski definition) is 1.